The number of thiocarbonyl (C=S) groups is 1. The fourth-order valence-electron chi connectivity index (χ4n) is 2.98. The van der Waals surface area contributed by atoms with Crippen LogP contribution >= 0.6 is 12.2 Å². The topological polar surface area (TPSA) is 63.4 Å². The number of amides is 2. The lowest BCUT2D eigenvalue weighted by atomic mass is 10.0. The largest absolute Gasteiger partial charge is 0.389 e. The Kier molecular flexibility index (Phi) is 2.35. The zero-order chi connectivity index (χ0) is 13.9. The summed E-state index contributed by atoms with van der Waals surface area (Å²) in [6.07, 6.45) is 0. The second-order valence-electron chi connectivity index (χ2n) is 5.70. The molecule has 1 aromatic carbocycles. The quantitative estimate of drug-likeness (QED) is 0.655. The van der Waals surface area contributed by atoms with E-state index in [1.54, 1.807) is 24.3 Å². The van der Waals surface area contributed by atoms with Gasteiger partial charge in [0, 0.05) is 5.56 Å². The fraction of sp³-hybridized carbons (Fsp3) is 0.357. The molecular formula is C14H14N2O2S. The molecule has 0 radical (unpaired) electrons. The molecule has 5 heteroatoms. The average Bonchev–Trinajstić information content (AvgIpc) is 2.80. The lowest BCUT2D eigenvalue weighted by Crippen LogP contribution is -2.36. The Labute approximate surface area is 116 Å². The highest BCUT2D eigenvalue weighted by molar-refractivity contribution is 7.80. The number of carbonyl (C=O) groups is 2. The third-order valence-electron chi connectivity index (χ3n) is 4.21. The van der Waals surface area contributed by atoms with E-state index in [-0.39, 0.29) is 29.1 Å². The molecule has 98 valence electrons. The maximum Gasteiger partial charge on any atom is 0.238 e. The first-order chi connectivity index (χ1) is 8.85. The molecule has 19 heavy (non-hydrogen) atoms. The first-order valence-corrected chi connectivity index (χ1v) is 6.54. The van der Waals surface area contributed by atoms with E-state index in [4.69, 9.17) is 18.0 Å². The molecule has 3 rings (SSSR count). The number of rotatable bonds is 2. The molecule has 2 atom stereocenters. The Balaban J connectivity index is 1.91. The van der Waals surface area contributed by atoms with Crippen LogP contribution in [0.2, 0.25) is 0 Å². The molecule has 1 saturated heterocycles. The van der Waals surface area contributed by atoms with Crippen molar-refractivity contribution in [1.29, 1.82) is 0 Å². The third-order valence-corrected chi connectivity index (χ3v) is 4.45. The van der Waals surface area contributed by atoms with Crippen LogP contribution in [-0.2, 0) is 9.59 Å². The van der Waals surface area contributed by atoms with E-state index in [0.717, 1.165) is 5.56 Å². The highest BCUT2D eigenvalue weighted by Crippen LogP contribution is 2.63. The number of nitrogens with two attached hydrogens (primary N) is 1. The summed E-state index contributed by atoms with van der Waals surface area (Å²) in [5.74, 6) is -0.503. The molecule has 2 fully saturated rings. The summed E-state index contributed by atoms with van der Waals surface area (Å²) in [6, 6.07) is 6.88. The van der Waals surface area contributed by atoms with Crippen molar-refractivity contribution in [3.05, 3.63) is 29.8 Å². The number of anilines is 1. The summed E-state index contributed by atoms with van der Waals surface area (Å²) < 4.78 is 0. The maximum absolute atomic E-state index is 12.2. The summed E-state index contributed by atoms with van der Waals surface area (Å²) in [7, 11) is 0. The lowest BCUT2D eigenvalue weighted by molar-refractivity contribution is -0.125. The van der Waals surface area contributed by atoms with Gasteiger partial charge in [-0.3, -0.25) is 14.5 Å². The molecule has 2 amide bonds. The number of carbonyl (C=O) groups excluding carboxylic acids is 2. The number of piperidine rings is 1. The molecule has 1 aliphatic carbocycles. The van der Waals surface area contributed by atoms with E-state index in [1.165, 1.54) is 4.90 Å². The predicted octanol–water partition coefficient (Wildman–Crippen LogP) is 1.47. The maximum atomic E-state index is 12.2. The Bertz CT molecular complexity index is 582. The second-order valence-corrected chi connectivity index (χ2v) is 6.14. The normalized spacial score (nSPS) is 27.4. The highest BCUT2D eigenvalue weighted by atomic mass is 32.1. The van der Waals surface area contributed by atoms with Crippen LogP contribution in [-0.4, -0.2) is 16.8 Å². The van der Waals surface area contributed by atoms with Gasteiger partial charge < -0.3 is 5.73 Å². The zero-order valence-corrected chi connectivity index (χ0v) is 11.5. The summed E-state index contributed by atoms with van der Waals surface area (Å²) in [6.45, 7) is 3.93. The molecule has 1 aromatic rings. The molecule has 2 aliphatic rings. The molecule has 2 N–H and O–H groups in total. The van der Waals surface area contributed by atoms with Gasteiger partial charge in [0.15, 0.2) is 0 Å². The van der Waals surface area contributed by atoms with Gasteiger partial charge in [0.05, 0.1) is 17.5 Å². The van der Waals surface area contributed by atoms with E-state index in [0.29, 0.717) is 10.7 Å². The molecule has 0 bridgehead atoms. The molecule has 1 saturated carbocycles. The monoisotopic (exact) mass is 274 g/mol. The Morgan fingerprint density at radius 1 is 1.16 bits per heavy atom. The third kappa shape index (κ3) is 1.54. The fourth-order valence-corrected chi connectivity index (χ4v) is 3.11. The van der Waals surface area contributed by atoms with Crippen LogP contribution in [0.25, 0.3) is 0 Å². The molecule has 1 aliphatic heterocycles. The van der Waals surface area contributed by atoms with Gasteiger partial charge in [-0.1, -0.05) is 26.1 Å². The Morgan fingerprint density at radius 2 is 1.63 bits per heavy atom. The second kappa shape index (κ2) is 3.63. The summed E-state index contributed by atoms with van der Waals surface area (Å²) >= 11 is 4.87. The Morgan fingerprint density at radius 3 is 2.05 bits per heavy atom. The van der Waals surface area contributed by atoms with Crippen LogP contribution in [0.15, 0.2) is 24.3 Å². The number of hydrogen-bond acceptors (Lipinski definition) is 3. The van der Waals surface area contributed by atoms with Gasteiger partial charge in [0.25, 0.3) is 0 Å². The van der Waals surface area contributed by atoms with Gasteiger partial charge in [-0.25, -0.2) is 0 Å². The van der Waals surface area contributed by atoms with Crippen LogP contribution in [0, 0.1) is 17.3 Å². The van der Waals surface area contributed by atoms with Gasteiger partial charge in [-0.05, 0) is 29.7 Å². The zero-order valence-electron chi connectivity index (χ0n) is 10.7. The minimum atomic E-state index is -0.177. The average molecular weight is 274 g/mol. The van der Waals surface area contributed by atoms with E-state index in [9.17, 15) is 9.59 Å². The summed E-state index contributed by atoms with van der Waals surface area (Å²) in [4.78, 5) is 26.1. The first kappa shape index (κ1) is 12.3. The number of benzene rings is 1. The molecule has 0 aromatic heterocycles. The van der Waals surface area contributed by atoms with Crippen LogP contribution in [0.1, 0.15) is 19.4 Å². The lowest BCUT2D eigenvalue weighted by Gasteiger charge is -2.20. The van der Waals surface area contributed by atoms with Crippen LogP contribution in [0.3, 0.4) is 0 Å². The molecular weight excluding hydrogens is 260 g/mol. The van der Waals surface area contributed by atoms with E-state index in [2.05, 4.69) is 0 Å². The van der Waals surface area contributed by atoms with Crippen molar-refractivity contribution in [1.82, 2.24) is 0 Å². The summed E-state index contributed by atoms with van der Waals surface area (Å²) in [5, 5.41) is 0. The van der Waals surface area contributed by atoms with E-state index >= 15 is 0 Å². The number of hydrogen-bond donors (Lipinski definition) is 1. The van der Waals surface area contributed by atoms with Gasteiger partial charge in [-0.15, -0.1) is 0 Å². The van der Waals surface area contributed by atoms with Gasteiger partial charge in [-0.2, -0.15) is 0 Å². The minimum absolute atomic E-state index is 0.0944. The van der Waals surface area contributed by atoms with Crippen LogP contribution in [0.5, 0.6) is 0 Å². The van der Waals surface area contributed by atoms with E-state index in [1.807, 2.05) is 13.8 Å². The molecule has 4 nitrogen and oxygen atoms in total. The molecule has 0 spiro atoms. The van der Waals surface area contributed by atoms with Crippen molar-refractivity contribution < 1.29 is 9.59 Å². The Hall–Kier alpha value is -1.75. The van der Waals surface area contributed by atoms with E-state index < -0.39 is 0 Å². The minimum Gasteiger partial charge on any atom is -0.389 e. The standard InChI is InChI=1S/C14H14N2O2S/c1-14(2)9-10(14)13(18)16(12(9)17)8-5-3-7(4-6-8)11(15)19/h3-6,9-10H,1-2H3,(H2,15,19). The van der Waals surface area contributed by atoms with Gasteiger partial charge in [0.2, 0.25) is 11.8 Å². The molecule has 2 unspecified atom stereocenters. The predicted molar refractivity (Wildman–Crippen MR) is 75.6 cm³/mol. The number of imide groups is 1. The number of nitrogens with zero attached hydrogens (tertiary/aromatic N) is 1. The van der Waals surface area contributed by atoms with Crippen molar-refractivity contribution in [3.8, 4) is 0 Å². The van der Waals surface area contributed by atoms with Gasteiger partial charge >= 0.3 is 0 Å². The number of fused-ring (bicyclic) bond motifs is 1. The van der Waals surface area contributed by atoms with Gasteiger partial charge in [0.1, 0.15) is 4.99 Å². The molecule has 1 heterocycles. The van der Waals surface area contributed by atoms with Crippen molar-refractivity contribution in [3.63, 3.8) is 0 Å². The smallest absolute Gasteiger partial charge is 0.238 e. The summed E-state index contributed by atoms with van der Waals surface area (Å²) in [5.41, 5.74) is 6.66. The van der Waals surface area contributed by atoms with Crippen molar-refractivity contribution in [2.75, 3.05) is 4.90 Å². The van der Waals surface area contributed by atoms with Crippen molar-refractivity contribution in [2.45, 2.75) is 13.8 Å². The van der Waals surface area contributed by atoms with Crippen LogP contribution in [0.4, 0.5) is 5.69 Å². The highest BCUT2D eigenvalue weighted by Gasteiger charge is 2.72. The van der Waals surface area contributed by atoms with Crippen LogP contribution < -0.4 is 10.6 Å². The first-order valence-electron chi connectivity index (χ1n) is 6.13. The van der Waals surface area contributed by atoms with Crippen molar-refractivity contribution in [2.24, 2.45) is 23.0 Å². The SMILES string of the molecule is CC1(C)C2C(=O)N(c3ccc(C(N)=S)cc3)C(=O)C21. The van der Waals surface area contributed by atoms with Crippen molar-refractivity contribution >= 4 is 34.7 Å².